The number of hydrogen-bond acceptors (Lipinski definition) is 1. The van der Waals surface area contributed by atoms with Crippen LogP contribution in [0.15, 0.2) is 45.3 Å². The first-order chi connectivity index (χ1) is 10.0. The van der Waals surface area contributed by atoms with Gasteiger partial charge in [0, 0.05) is 15.0 Å². The van der Waals surface area contributed by atoms with Crippen LogP contribution in [0.2, 0.25) is 5.02 Å². The van der Waals surface area contributed by atoms with E-state index in [1.807, 2.05) is 31.2 Å². The van der Waals surface area contributed by atoms with Gasteiger partial charge in [0.1, 0.15) is 5.82 Å². The highest BCUT2D eigenvalue weighted by atomic mass is 79.9. The second-order valence-corrected chi connectivity index (χ2v) is 6.90. The average Bonchev–Trinajstić information content (AvgIpc) is 2.45. The standard InChI is InChI=1S/C16H15Br2ClFN/c1-2-21-16(10-3-5-14(19)13(18)8-10)9-11-7-12(17)4-6-15(11)20/h3-8,16,21H,2,9H2,1H3. The summed E-state index contributed by atoms with van der Waals surface area (Å²) in [5, 5.41) is 4.06. The molecule has 1 unspecified atom stereocenters. The van der Waals surface area contributed by atoms with Crippen molar-refractivity contribution in [3.63, 3.8) is 0 Å². The average molecular weight is 436 g/mol. The number of rotatable bonds is 5. The topological polar surface area (TPSA) is 12.0 Å². The van der Waals surface area contributed by atoms with Crippen molar-refractivity contribution in [1.82, 2.24) is 5.32 Å². The first kappa shape index (κ1) is 16.9. The van der Waals surface area contributed by atoms with Crippen LogP contribution in [-0.4, -0.2) is 6.54 Å². The van der Waals surface area contributed by atoms with Crippen LogP contribution >= 0.6 is 43.5 Å². The van der Waals surface area contributed by atoms with Gasteiger partial charge in [0.25, 0.3) is 0 Å². The summed E-state index contributed by atoms with van der Waals surface area (Å²) < 4.78 is 15.7. The zero-order chi connectivity index (χ0) is 15.4. The lowest BCUT2D eigenvalue weighted by Crippen LogP contribution is -2.23. The van der Waals surface area contributed by atoms with E-state index in [1.54, 1.807) is 6.07 Å². The minimum Gasteiger partial charge on any atom is -0.310 e. The van der Waals surface area contributed by atoms with Gasteiger partial charge in [0.05, 0.1) is 5.02 Å². The maximum Gasteiger partial charge on any atom is 0.126 e. The van der Waals surface area contributed by atoms with E-state index in [4.69, 9.17) is 11.6 Å². The third-order valence-electron chi connectivity index (χ3n) is 3.23. The monoisotopic (exact) mass is 433 g/mol. The molecule has 0 spiro atoms. The molecular weight excluding hydrogens is 420 g/mol. The molecule has 0 bridgehead atoms. The van der Waals surface area contributed by atoms with Gasteiger partial charge in [0.2, 0.25) is 0 Å². The van der Waals surface area contributed by atoms with E-state index in [1.165, 1.54) is 6.07 Å². The van der Waals surface area contributed by atoms with Crippen LogP contribution in [-0.2, 0) is 6.42 Å². The highest BCUT2D eigenvalue weighted by Crippen LogP contribution is 2.28. The first-order valence-corrected chi connectivity index (χ1v) is 8.60. The normalized spacial score (nSPS) is 12.4. The van der Waals surface area contributed by atoms with Crippen LogP contribution in [0, 0.1) is 5.82 Å². The molecule has 0 saturated carbocycles. The Morgan fingerprint density at radius 2 is 1.95 bits per heavy atom. The van der Waals surface area contributed by atoms with Crippen LogP contribution in [0.3, 0.4) is 0 Å². The number of halogens is 4. The van der Waals surface area contributed by atoms with E-state index >= 15 is 0 Å². The van der Waals surface area contributed by atoms with E-state index in [9.17, 15) is 4.39 Å². The van der Waals surface area contributed by atoms with Crippen molar-refractivity contribution in [3.8, 4) is 0 Å². The predicted octanol–water partition coefficient (Wildman–Crippen LogP) is 5.90. The molecule has 0 aromatic heterocycles. The van der Waals surface area contributed by atoms with Gasteiger partial charge in [-0.3, -0.25) is 0 Å². The van der Waals surface area contributed by atoms with Crippen molar-refractivity contribution in [1.29, 1.82) is 0 Å². The second kappa shape index (κ2) is 7.73. The third-order valence-corrected chi connectivity index (χ3v) is 4.94. The van der Waals surface area contributed by atoms with E-state index in [0.717, 1.165) is 21.1 Å². The lowest BCUT2D eigenvalue weighted by molar-refractivity contribution is 0.527. The molecule has 21 heavy (non-hydrogen) atoms. The van der Waals surface area contributed by atoms with Crippen LogP contribution in [0.25, 0.3) is 0 Å². The van der Waals surface area contributed by atoms with Crippen LogP contribution in [0.5, 0.6) is 0 Å². The zero-order valence-corrected chi connectivity index (χ0v) is 15.4. The Morgan fingerprint density at radius 1 is 1.19 bits per heavy atom. The summed E-state index contributed by atoms with van der Waals surface area (Å²) in [5.41, 5.74) is 1.76. The molecule has 2 aromatic carbocycles. The number of likely N-dealkylation sites (N-methyl/N-ethyl adjacent to an activating group) is 1. The van der Waals surface area contributed by atoms with Crippen molar-refractivity contribution < 1.29 is 4.39 Å². The van der Waals surface area contributed by atoms with E-state index < -0.39 is 0 Å². The Balaban J connectivity index is 2.30. The second-order valence-electron chi connectivity index (χ2n) is 4.72. The largest absolute Gasteiger partial charge is 0.310 e. The molecule has 0 aliphatic carbocycles. The smallest absolute Gasteiger partial charge is 0.126 e. The summed E-state index contributed by atoms with van der Waals surface area (Å²) >= 11 is 12.9. The van der Waals surface area contributed by atoms with Gasteiger partial charge < -0.3 is 5.32 Å². The van der Waals surface area contributed by atoms with E-state index in [2.05, 4.69) is 37.2 Å². The molecule has 2 aromatic rings. The van der Waals surface area contributed by atoms with Crippen LogP contribution in [0.4, 0.5) is 4.39 Å². The van der Waals surface area contributed by atoms with Crippen LogP contribution in [0.1, 0.15) is 24.1 Å². The van der Waals surface area contributed by atoms with Gasteiger partial charge in [-0.1, -0.05) is 40.5 Å². The zero-order valence-electron chi connectivity index (χ0n) is 11.5. The fourth-order valence-electron chi connectivity index (χ4n) is 2.20. The molecule has 0 fully saturated rings. The van der Waals surface area contributed by atoms with Crippen molar-refractivity contribution in [2.75, 3.05) is 6.54 Å². The summed E-state index contributed by atoms with van der Waals surface area (Å²) in [7, 11) is 0. The number of nitrogens with one attached hydrogen (secondary N) is 1. The highest BCUT2D eigenvalue weighted by molar-refractivity contribution is 9.10. The Morgan fingerprint density at radius 3 is 2.62 bits per heavy atom. The lowest BCUT2D eigenvalue weighted by Gasteiger charge is -2.19. The minimum atomic E-state index is -0.186. The SMILES string of the molecule is CCNC(Cc1cc(Br)ccc1F)c1ccc(Cl)c(Br)c1. The molecule has 1 nitrogen and oxygen atoms in total. The molecule has 0 aliphatic rings. The molecule has 5 heteroatoms. The van der Waals surface area contributed by atoms with Crippen molar-refractivity contribution in [3.05, 3.63) is 67.3 Å². The Labute approximate surface area is 146 Å². The minimum absolute atomic E-state index is 0.0346. The van der Waals surface area contributed by atoms with Gasteiger partial charge in [0.15, 0.2) is 0 Å². The fourth-order valence-corrected chi connectivity index (χ4v) is 3.13. The summed E-state index contributed by atoms with van der Waals surface area (Å²) in [6.07, 6.45) is 0.577. The van der Waals surface area contributed by atoms with Crippen LogP contribution < -0.4 is 5.32 Å². The quantitative estimate of drug-likeness (QED) is 0.617. The number of hydrogen-bond donors (Lipinski definition) is 1. The van der Waals surface area contributed by atoms with E-state index in [0.29, 0.717) is 17.0 Å². The molecule has 0 radical (unpaired) electrons. The first-order valence-electron chi connectivity index (χ1n) is 6.63. The fraction of sp³-hybridized carbons (Fsp3) is 0.250. The molecule has 1 N–H and O–H groups in total. The van der Waals surface area contributed by atoms with Crippen molar-refractivity contribution >= 4 is 43.5 Å². The maximum absolute atomic E-state index is 14.0. The van der Waals surface area contributed by atoms with Crippen molar-refractivity contribution in [2.45, 2.75) is 19.4 Å². The summed E-state index contributed by atoms with van der Waals surface area (Å²) in [6.45, 7) is 2.84. The maximum atomic E-state index is 14.0. The predicted molar refractivity (Wildman–Crippen MR) is 93.4 cm³/mol. The molecule has 2 rings (SSSR count). The Hall–Kier alpha value is -0.420. The number of benzene rings is 2. The van der Waals surface area contributed by atoms with Gasteiger partial charge >= 0.3 is 0 Å². The van der Waals surface area contributed by atoms with Gasteiger partial charge in [-0.15, -0.1) is 0 Å². The highest BCUT2D eigenvalue weighted by Gasteiger charge is 2.15. The molecule has 0 aliphatic heterocycles. The molecule has 0 amide bonds. The van der Waals surface area contributed by atoms with Gasteiger partial charge in [-0.05, 0) is 70.4 Å². The summed E-state index contributed by atoms with van der Waals surface area (Å²) in [4.78, 5) is 0. The third kappa shape index (κ3) is 4.52. The molecule has 0 heterocycles. The molecule has 1 atom stereocenters. The molecule has 0 saturated heterocycles. The Kier molecular flexibility index (Phi) is 6.23. The summed E-state index contributed by atoms with van der Waals surface area (Å²) in [6, 6.07) is 10.8. The van der Waals surface area contributed by atoms with Gasteiger partial charge in [-0.25, -0.2) is 4.39 Å². The Bertz CT molecular complexity index is 634. The van der Waals surface area contributed by atoms with Crippen molar-refractivity contribution in [2.24, 2.45) is 0 Å². The molecule has 112 valence electrons. The molecular formula is C16H15Br2ClFN. The van der Waals surface area contributed by atoms with Gasteiger partial charge in [-0.2, -0.15) is 0 Å². The van der Waals surface area contributed by atoms with E-state index in [-0.39, 0.29) is 11.9 Å². The summed E-state index contributed by atoms with van der Waals surface area (Å²) in [5.74, 6) is -0.186. The lowest BCUT2D eigenvalue weighted by atomic mass is 9.98.